The molecule has 2 fully saturated rings. The topological polar surface area (TPSA) is 55.8 Å². The quantitative estimate of drug-likeness (QED) is 0.452. The van der Waals surface area contributed by atoms with Crippen molar-refractivity contribution in [3.63, 3.8) is 0 Å². The number of methoxy groups -OCH3 is 1. The second-order valence-electron chi connectivity index (χ2n) is 7.17. The minimum atomic E-state index is -1.02. The molecule has 1 heterocycles. The summed E-state index contributed by atoms with van der Waals surface area (Å²) in [7, 11) is 1.34. The first-order chi connectivity index (χ1) is 10.2. The summed E-state index contributed by atoms with van der Waals surface area (Å²) in [6.45, 7) is 9.83. The van der Waals surface area contributed by atoms with Gasteiger partial charge in [0.1, 0.15) is 5.60 Å². The molecule has 1 saturated carbocycles. The second kappa shape index (κ2) is 5.76. The number of carbonyl (C=O) groups is 2. The summed E-state index contributed by atoms with van der Waals surface area (Å²) in [6.07, 6.45) is 0.764. The molecule has 0 aromatic carbocycles. The lowest BCUT2D eigenvalue weighted by atomic mass is 9.86. The predicted octanol–water partition coefficient (Wildman–Crippen LogP) is 2.97. The third kappa shape index (κ3) is 2.96. The maximum absolute atomic E-state index is 12.6. The number of piperidine rings is 1. The Labute approximate surface area is 136 Å². The minimum absolute atomic E-state index is 0.104. The molecule has 0 spiro atoms. The van der Waals surface area contributed by atoms with Crippen LogP contribution in [0.3, 0.4) is 0 Å². The number of hydrogen-bond acceptors (Lipinski definition) is 4. The van der Waals surface area contributed by atoms with E-state index >= 15 is 0 Å². The van der Waals surface area contributed by atoms with Crippen LogP contribution < -0.4 is 0 Å². The minimum Gasteiger partial charge on any atom is -0.467 e. The molecule has 0 bridgehead atoms. The third-order valence-corrected chi connectivity index (χ3v) is 4.67. The van der Waals surface area contributed by atoms with Crippen molar-refractivity contribution in [2.24, 2.45) is 11.8 Å². The molecular weight excluding hydrogens is 306 g/mol. The van der Waals surface area contributed by atoms with Gasteiger partial charge in [-0.05, 0) is 39.0 Å². The first-order valence-corrected chi connectivity index (χ1v) is 8.01. The molecular formula is C16H24ClNO4. The highest BCUT2D eigenvalue weighted by Crippen LogP contribution is 2.58. The van der Waals surface area contributed by atoms with Gasteiger partial charge in [-0.25, -0.2) is 9.59 Å². The van der Waals surface area contributed by atoms with Crippen LogP contribution in [0.5, 0.6) is 0 Å². The molecule has 2 rings (SSSR count). The van der Waals surface area contributed by atoms with Crippen LogP contribution in [0, 0.1) is 11.8 Å². The fourth-order valence-corrected chi connectivity index (χ4v) is 3.45. The molecule has 5 nitrogen and oxygen atoms in total. The monoisotopic (exact) mass is 329 g/mol. The van der Waals surface area contributed by atoms with Gasteiger partial charge in [0.15, 0.2) is 5.54 Å². The number of esters is 1. The first-order valence-electron chi connectivity index (χ1n) is 7.47. The largest absolute Gasteiger partial charge is 0.467 e. The van der Waals surface area contributed by atoms with E-state index in [0.29, 0.717) is 24.5 Å². The molecule has 124 valence electrons. The lowest BCUT2D eigenvalue weighted by Gasteiger charge is -2.39. The zero-order valence-corrected chi connectivity index (χ0v) is 14.4. The Balaban J connectivity index is 2.33. The van der Waals surface area contributed by atoms with E-state index < -0.39 is 23.2 Å². The number of carbonyl (C=O) groups excluding carboxylic acids is 2. The van der Waals surface area contributed by atoms with Crippen molar-refractivity contribution in [3.05, 3.63) is 12.2 Å². The Morgan fingerprint density at radius 1 is 1.41 bits per heavy atom. The Kier molecular flexibility index (Phi) is 4.49. The molecule has 1 saturated heterocycles. The third-order valence-electron chi connectivity index (χ3n) is 4.30. The zero-order chi connectivity index (χ0) is 16.7. The highest BCUT2D eigenvalue weighted by molar-refractivity contribution is 6.19. The van der Waals surface area contributed by atoms with Gasteiger partial charge in [-0.15, -0.1) is 11.6 Å². The summed E-state index contributed by atoms with van der Waals surface area (Å²) in [5.41, 5.74) is -0.920. The molecule has 3 atom stereocenters. The molecule has 0 aromatic heterocycles. The maximum atomic E-state index is 12.6. The highest BCUT2D eigenvalue weighted by Gasteiger charge is 2.68. The van der Waals surface area contributed by atoms with Crippen molar-refractivity contribution in [3.8, 4) is 0 Å². The smallest absolute Gasteiger partial charge is 0.411 e. The summed E-state index contributed by atoms with van der Waals surface area (Å²) in [4.78, 5) is 26.6. The normalized spacial score (nSPS) is 29.8. The average Bonchev–Trinajstić information content (AvgIpc) is 3.13. The Morgan fingerprint density at radius 2 is 2.05 bits per heavy atom. The Hall–Kier alpha value is -1.23. The van der Waals surface area contributed by atoms with Crippen LogP contribution in [0.4, 0.5) is 4.79 Å². The molecule has 1 aliphatic carbocycles. The second-order valence-corrected chi connectivity index (χ2v) is 7.44. The van der Waals surface area contributed by atoms with Crippen molar-refractivity contribution in [1.82, 2.24) is 4.90 Å². The summed E-state index contributed by atoms with van der Waals surface area (Å²) in [5, 5.41) is 0. The summed E-state index contributed by atoms with van der Waals surface area (Å²) in [5.74, 6) is 0.273. The summed E-state index contributed by atoms with van der Waals surface area (Å²) < 4.78 is 10.5. The van der Waals surface area contributed by atoms with E-state index in [0.717, 1.165) is 6.42 Å². The van der Waals surface area contributed by atoms with E-state index in [-0.39, 0.29) is 11.8 Å². The predicted molar refractivity (Wildman–Crippen MR) is 83.8 cm³/mol. The number of hydrogen-bond donors (Lipinski definition) is 0. The number of amides is 1. The molecule has 1 amide bonds. The van der Waals surface area contributed by atoms with Gasteiger partial charge in [-0.1, -0.05) is 12.2 Å². The van der Waals surface area contributed by atoms with Crippen molar-refractivity contribution < 1.29 is 19.1 Å². The molecule has 0 radical (unpaired) electrons. The van der Waals surface area contributed by atoms with Crippen LogP contribution in [0.15, 0.2) is 12.2 Å². The number of rotatable bonds is 4. The van der Waals surface area contributed by atoms with Crippen LogP contribution in [0.25, 0.3) is 0 Å². The summed E-state index contributed by atoms with van der Waals surface area (Å²) >= 11 is 5.85. The highest BCUT2D eigenvalue weighted by atomic mass is 35.5. The van der Waals surface area contributed by atoms with Gasteiger partial charge >= 0.3 is 12.1 Å². The number of fused-ring (bicyclic) bond motifs is 1. The van der Waals surface area contributed by atoms with Gasteiger partial charge < -0.3 is 9.47 Å². The number of halogens is 1. The Morgan fingerprint density at radius 3 is 2.55 bits per heavy atom. The van der Waals surface area contributed by atoms with E-state index in [2.05, 4.69) is 6.58 Å². The fourth-order valence-electron chi connectivity index (χ4n) is 3.35. The van der Waals surface area contributed by atoms with E-state index in [9.17, 15) is 9.59 Å². The Bertz CT molecular complexity index is 499. The molecule has 1 aliphatic heterocycles. The van der Waals surface area contributed by atoms with Crippen molar-refractivity contribution in [1.29, 1.82) is 0 Å². The van der Waals surface area contributed by atoms with Crippen LogP contribution in [0.1, 0.15) is 33.6 Å². The van der Waals surface area contributed by atoms with Crippen LogP contribution >= 0.6 is 11.6 Å². The van der Waals surface area contributed by atoms with Gasteiger partial charge in [0.05, 0.1) is 7.11 Å². The van der Waals surface area contributed by atoms with Crippen LogP contribution in [-0.4, -0.2) is 47.6 Å². The lowest BCUT2D eigenvalue weighted by Crippen LogP contribution is -2.57. The summed E-state index contributed by atoms with van der Waals surface area (Å²) in [6, 6.07) is 0. The number of nitrogens with zero attached hydrogens (tertiary/aromatic N) is 1. The van der Waals surface area contributed by atoms with Crippen molar-refractivity contribution in [2.75, 3.05) is 19.5 Å². The van der Waals surface area contributed by atoms with Crippen LogP contribution in [0.2, 0.25) is 0 Å². The van der Waals surface area contributed by atoms with Gasteiger partial charge in [0.25, 0.3) is 0 Å². The molecule has 0 aromatic rings. The lowest BCUT2D eigenvalue weighted by molar-refractivity contribution is -0.154. The number of alkyl halides is 1. The molecule has 2 aliphatic rings. The van der Waals surface area contributed by atoms with Gasteiger partial charge in [-0.2, -0.15) is 0 Å². The van der Waals surface area contributed by atoms with E-state index in [1.54, 1.807) is 20.8 Å². The number of likely N-dealkylation sites (tertiary alicyclic amines) is 1. The molecule has 22 heavy (non-hydrogen) atoms. The van der Waals surface area contributed by atoms with Gasteiger partial charge in [0.2, 0.25) is 0 Å². The standard InChI is InChI=1S/C16H24ClNO4/c1-10(8-17)7-16(13(19)21-5)12-6-11(12)9-18(16)14(20)22-15(2,3)4/h11-12H,1,6-9H2,2-5H3/t11-,12-,16?/m1/s1. The zero-order valence-electron chi connectivity index (χ0n) is 13.6. The van der Waals surface area contributed by atoms with Crippen LogP contribution in [-0.2, 0) is 14.3 Å². The van der Waals surface area contributed by atoms with E-state index in [4.69, 9.17) is 21.1 Å². The van der Waals surface area contributed by atoms with Crippen molar-refractivity contribution >= 4 is 23.7 Å². The van der Waals surface area contributed by atoms with Gasteiger partial charge in [0, 0.05) is 18.8 Å². The van der Waals surface area contributed by atoms with E-state index in [1.807, 2.05) is 0 Å². The van der Waals surface area contributed by atoms with Crippen molar-refractivity contribution in [2.45, 2.75) is 44.8 Å². The average molecular weight is 330 g/mol. The fraction of sp³-hybridized carbons (Fsp3) is 0.750. The van der Waals surface area contributed by atoms with E-state index in [1.165, 1.54) is 12.0 Å². The molecule has 1 unspecified atom stereocenters. The van der Waals surface area contributed by atoms with Gasteiger partial charge in [-0.3, -0.25) is 4.90 Å². The number of ether oxygens (including phenoxy) is 2. The molecule has 6 heteroatoms. The maximum Gasteiger partial charge on any atom is 0.411 e. The SMILES string of the molecule is C=C(CCl)CC1(C(=O)OC)[C@@H]2C[C@@H]2CN1C(=O)OC(C)(C)C. The first kappa shape index (κ1) is 17.1. The molecule has 0 N–H and O–H groups in total.